The van der Waals surface area contributed by atoms with Crippen molar-refractivity contribution in [2.24, 2.45) is 10.9 Å². The van der Waals surface area contributed by atoms with Gasteiger partial charge >= 0.3 is 0 Å². The average molecular weight is 383 g/mol. The van der Waals surface area contributed by atoms with Crippen LogP contribution >= 0.6 is 0 Å². The van der Waals surface area contributed by atoms with Gasteiger partial charge in [0.25, 0.3) is 0 Å². The Morgan fingerprint density at radius 3 is 2.75 bits per heavy atom. The van der Waals surface area contributed by atoms with Gasteiger partial charge in [0, 0.05) is 50.6 Å². The Hall–Kier alpha value is -2.50. The number of benzene rings is 1. The fourth-order valence-electron chi connectivity index (χ4n) is 3.75. The van der Waals surface area contributed by atoms with Crippen molar-refractivity contribution in [2.75, 3.05) is 37.6 Å². The summed E-state index contributed by atoms with van der Waals surface area (Å²) < 4.78 is 2.08. The van der Waals surface area contributed by atoms with Crippen molar-refractivity contribution in [3.8, 4) is 0 Å². The normalized spacial score (nSPS) is 17.2. The third kappa shape index (κ3) is 5.75. The Labute approximate surface area is 169 Å². The van der Waals surface area contributed by atoms with Crippen molar-refractivity contribution in [2.45, 2.75) is 40.2 Å². The van der Waals surface area contributed by atoms with E-state index in [2.05, 4.69) is 75.6 Å². The molecule has 152 valence electrons. The first-order valence-corrected chi connectivity index (χ1v) is 10.5. The molecule has 1 aliphatic rings. The highest BCUT2D eigenvalue weighted by molar-refractivity contribution is 5.79. The summed E-state index contributed by atoms with van der Waals surface area (Å²) in [7, 11) is 0. The molecule has 1 atom stereocenters. The van der Waals surface area contributed by atoms with Crippen molar-refractivity contribution in [1.29, 1.82) is 0 Å². The van der Waals surface area contributed by atoms with Crippen molar-refractivity contribution in [1.82, 2.24) is 20.4 Å². The van der Waals surface area contributed by atoms with Crippen LogP contribution in [0.3, 0.4) is 0 Å². The molecule has 2 N–H and O–H groups in total. The molecule has 0 bridgehead atoms. The minimum Gasteiger partial charge on any atom is -0.371 e. The maximum absolute atomic E-state index is 4.84. The lowest BCUT2D eigenvalue weighted by molar-refractivity contribution is 0.553. The van der Waals surface area contributed by atoms with Gasteiger partial charge in [0.1, 0.15) is 0 Å². The van der Waals surface area contributed by atoms with Gasteiger partial charge in [0.05, 0.1) is 5.69 Å². The standard InChI is InChI=1S/C22H34N6/c1-4-23-22(24-12-8-13-28-19(3)15-18(2)26-28)25-16-20-11-14-27(17-20)21-9-6-5-7-10-21/h5-7,9-10,15,20H,4,8,11-14,16-17H2,1-3H3,(H2,23,24,25). The quantitative estimate of drug-likeness (QED) is 0.419. The van der Waals surface area contributed by atoms with E-state index in [4.69, 9.17) is 4.99 Å². The summed E-state index contributed by atoms with van der Waals surface area (Å²) in [6, 6.07) is 12.8. The van der Waals surface area contributed by atoms with E-state index in [0.29, 0.717) is 5.92 Å². The largest absolute Gasteiger partial charge is 0.371 e. The molecule has 2 aromatic rings. The first-order valence-electron chi connectivity index (χ1n) is 10.5. The van der Waals surface area contributed by atoms with Gasteiger partial charge in [-0.1, -0.05) is 18.2 Å². The molecule has 6 nitrogen and oxygen atoms in total. The van der Waals surface area contributed by atoms with E-state index in [1.165, 1.54) is 17.8 Å². The molecule has 0 amide bonds. The number of hydrogen-bond acceptors (Lipinski definition) is 3. The van der Waals surface area contributed by atoms with E-state index >= 15 is 0 Å². The van der Waals surface area contributed by atoms with E-state index in [9.17, 15) is 0 Å². The Morgan fingerprint density at radius 2 is 2.04 bits per heavy atom. The smallest absolute Gasteiger partial charge is 0.191 e. The number of nitrogens with zero attached hydrogens (tertiary/aromatic N) is 4. The number of aromatic nitrogens is 2. The molecule has 6 heteroatoms. The Bertz CT molecular complexity index is 752. The SMILES string of the molecule is CCNC(=NCC1CCN(c2ccccc2)C1)NCCCn1nc(C)cc1C. The molecule has 1 aromatic heterocycles. The topological polar surface area (TPSA) is 57.5 Å². The first kappa shape index (κ1) is 20.2. The van der Waals surface area contributed by atoms with Crippen LogP contribution in [-0.2, 0) is 6.54 Å². The van der Waals surface area contributed by atoms with Crippen molar-refractivity contribution < 1.29 is 0 Å². The van der Waals surface area contributed by atoms with E-state index in [0.717, 1.165) is 57.3 Å². The summed E-state index contributed by atoms with van der Waals surface area (Å²) in [5.74, 6) is 1.54. The molecule has 0 spiro atoms. The predicted octanol–water partition coefficient (Wildman–Crippen LogP) is 2.97. The summed E-state index contributed by atoms with van der Waals surface area (Å²) in [6.07, 6.45) is 2.23. The first-order chi connectivity index (χ1) is 13.7. The molecular formula is C22H34N6. The molecule has 0 saturated carbocycles. The van der Waals surface area contributed by atoms with E-state index in [1.807, 2.05) is 6.92 Å². The maximum Gasteiger partial charge on any atom is 0.191 e. The highest BCUT2D eigenvalue weighted by Gasteiger charge is 2.22. The molecule has 28 heavy (non-hydrogen) atoms. The number of rotatable bonds is 8. The Balaban J connectivity index is 1.43. The number of nitrogens with one attached hydrogen (secondary N) is 2. The average Bonchev–Trinajstić information content (AvgIpc) is 3.30. The molecule has 0 aliphatic carbocycles. The van der Waals surface area contributed by atoms with Crippen LogP contribution in [0.2, 0.25) is 0 Å². The van der Waals surface area contributed by atoms with Crippen LogP contribution in [0, 0.1) is 19.8 Å². The lowest BCUT2D eigenvalue weighted by atomic mass is 10.1. The maximum atomic E-state index is 4.84. The predicted molar refractivity (Wildman–Crippen MR) is 117 cm³/mol. The number of hydrogen-bond donors (Lipinski definition) is 2. The molecule has 1 saturated heterocycles. The molecule has 1 fully saturated rings. The molecule has 1 aromatic carbocycles. The zero-order valence-electron chi connectivity index (χ0n) is 17.5. The van der Waals surface area contributed by atoms with Crippen LogP contribution < -0.4 is 15.5 Å². The Kier molecular flexibility index (Phi) is 7.34. The van der Waals surface area contributed by atoms with Gasteiger partial charge in [-0.2, -0.15) is 5.10 Å². The van der Waals surface area contributed by atoms with E-state index in [1.54, 1.807) is 0 Å². The van der Waals surface area contributed by atoms with Crippen LogP contribution in [0.25, 0.3) is 0 Å². The minimum absolute atomic E-state index is 0.616. The monoisotopic (exact) mass is 382 g/mol. The fraction of sp³-hybridized carbons (Fsp3) is 0.545. The van der Waals surface area contributed by atoms with Crippen LogP contribution in [-0.4, -0.2) is 48.5 Å². The van der Waals surface area contributed by atoms with Gasteiger partial charge in [0.15, 0.2) is 5.96 Å². The summed E-state index contributed by atoms with van der Waals surface area (Å²) in [4.78, 5) is 7.30. The second-order valence-electron chi connectivity index (χ2n) is 7.59. The Morgan fingerprint density at radius 1 is 1.21 bits per heavy atom. The van der Waals surface area contributed by atoms with Crippen LogP contribution in [0.5, 0.6) is 0 Å². The lowest BCUT2D eigenvalue weighted by Crippen LogP contribution is -2.38. The zero-order valence-corrected chi connectivity index (χ0v) is 17.5. The number of para-hydroxylation sites is 1. The second-order valence-corrected chi connectivity index (χ2v) is 7.59. The second kappa shape index (κ2) is 10.2. The van der Waals surface area contributed by atoms with Gasteiger partial charge in [-0.3, -0.25) is 9.67 Å². The molecule has 1 unspecified atom stereocenters. The van der Waals surface area contributed by atoms with Crippen LogP contribution in [0.1, 0.15) is 31.2 Å². The van der Waals surface area contributed by atoms with Gasteiger partial charge in [-0.25, -0.2) is 0 Å². The highest BCUT2D eigenvalue weighted by Crippen LogP contribution is 2.23. The molecular weight excluding hydrogens is 348 g/mol. The van der Waals surface area contributed by atoms with E-state index < -0.39 is 0 Å². The zero-order chi connectivity index (χ0) is 19.8. The van der Waals surface area contributed by atoms with Gasteiger partial charge < -0.3 is 15.5 Å². The van der Waals surface area contributed by atoms with Crippen LogP contribution in [0.15, 0.2) is 41.4 Å². The third-order valence-electron chi connectivity index (χ3n) is 5.20. The van der Waals surface area contributed by atoms with Crippen molar-refractivity contribution >= 4 is 11.6 Å². The summed E-state index contributed by atoms with van der Waals surface area (Å²) in [5.41, 5.74) is 3.63. The van der Waals surface area contributed by atoms with Crippen LogP contribution in [0.4, 0.5) is 5.69 Å². The van der Waals surface area contributed by atoms with Gasteiger partial charge in [-0.15, -0.1) is 0 Å². The summed E-state index contributed by atoms with van der Waals surface area (Å²) in [6.45, 7) is 12.0. The summed E-state index contributed by atoms with van der Waals surface area (Å²) >= 11 is 0. The fourth-order valence-corrected chi connectivity index (χ4v) is 3.75. The highest BCUT2D eigenvalue weighted by atomic mass is 15.3. The molecule has 3 rings (SSSR count). The minimum atomic E-state index is 0.616. The number of guanidine groups is 1. The lowest BCUT2D eigenvalue weighted by Gasteiger charge is -2.18. The van der Waals surface area contributed by atoms with Crippen molar-refractivity contribution in [3.63, 3.8) is 0 Å². The number of anilines is 1. The number of aliphatic imine (C=N–C) groups is 1. The number of aryl methyl sites for hydroxylation is 3. The van der Waals surface area contributed by atoms with Gasteiger partial charge in [-0.05, 0) is 57.7 Å². The molecule has 1 aliphatic heterocycles. The molecule has 2 heterocycles. The summed E-state index contributed by atoms with van der Waals surface area (Å²) in [5, 5.41) is 11.4. The molecule has 0 radical (unpaired) electrons. The third-order valence-corrected chi connectivity index (χ3v) is 5.20. The van der Waals surface area contributed by atoms with Crippen molar-refractivity contribution in [3.05, 3.63) is 47.8 Å². The van der Waals surface area contributed by atoms with Gasteiger partial charge in [0.2, 0.25) is 0 Å². The van der Waals surface area contributed by atoms with E-state index in [-0.39, 0.29) is 0 Å².